The van der Waals surface area contributed by atoms with E-state index in [0.29, 0.717) is 32.1 Å². The molecule has 0 amide bonds. The van der Waals surface area contributed by atoms with Crippen LogP contribution < -0.4 is 0 Å². The van der Waals surface area contributed by atoms with Crippen molar-refractivity contribution >= 4 is 14.0 Å². The molecule has 9 nitrogen and oxygen atoms in total. The van der Waals surface area contributed by atoms with Crippen LogP contribution in [0.1, 0.15) is 39.0 Å². The maximum atomic E-state index is 12.9. The van der Waals surface area contributed by atoms with E-state index in [-0.39, 0.29) is 19.0 Å². The highest BCUT2D eigenvalue weighted by Crippen LogP contribution is 2.38. The van der Waals surface area contributed by atoms with Gasteiger partial charge in [0.25, 0.3) is 0 Å². The molecule has 1 aliphatic rings. The molecule has 1 aromatic heterocycles. The van der Waals surface area contributed by atoms with Crippen molar-refractivity contribution in [1.29, 1.82) is 0 Å². The van der Waals surface area contributed by atoms with Gasteiger partial charge in [-0.3, -0.25) is 0 Å². The third-order valence-electron chi connectivity index (χ3n) is 7.97. The molecule has 250 valence electrons. The van der Waals surface area contributed by atoms with Crippen molar-refractivity contribution in [3.63, 3.8) is 0 Å². The fraction of sp³-hybridized carbons (Fsp3) is 0.405. The van der Waals surface area contributed by atoms with E-state index in [1.165, 1.54) is 7.11 Å². The van der Waals surface area contributed by atoms with Gasteiger partial charge in [-0.15, -0.1) is 0 Å². The van der Waals surface area contributed by atoms with Crippen LogP contribution >= 0.6 is 0 Å². The Morgan fingerprint density at radius 2 is 1.34 bits per heavy atom. The Morgan fingerprint density at radius 1 is 0.787 bits per heavy atom. The van der Waals surface area contributed by atoms with Gasteiger partial charge in [-0.2, -0.15) is 5.10 Å². The number of hydrogen-bond donors (Lipinski definition) is 0. The molecule has 10 heteroatoms. The van der Waals surface area contributed by atoms with Crippen LogP contribution in [-0.4, -0.2) is 62.5 Å². The largest absolute Gasteiger partial charge is 0.464 e. The summed E-state index contributed by atoms with van der Waals surface area (Å²) >= 11 is 0. The molecule has 1 fully saturated rings. The lowest BCUT2D eigenvalue weighted by atomic mass is 10.0. The Hall–Kier alpha value is -3.64. The SMILES string of the molecule is COC(=O)c1cc([C@@H]2O[C@H](COCc3ccccc3)[C@@H](OCc3ccccc3)[C@H]2OCc2ccccc2)nn1COCC[Si](C)(C)C. The van der Waals surface area contributed by atoms with Crippen molar-refractivity contribution < 1.29 is 33.2 Å². The zero-order valence-electron chi connectivity index (χ0n) is 27.7. The topological polar surface area (TPSA) is 90.3 Å². The number of rotatable bonds is 17. The summed E-state index contributed by atoms with van der Waals surface area (Å²) in [5.41, 5.74) is 3.95. The minimum absolute atomic E-state index is 0.120. The van der Waals surface area contributed by atoms with E-state index in [9.17, 15) is 4.79 Å². The Balaban J connectivity index is 1.42. The fourth-order valence-corrected chi connectivity index (χ4v) is 6.11. The van der Waals surface area contributed by atoms with Crippen LogP contribution in [0, 0.1) is 0 Å². The van der Waals surface area contributed by atoms with Gasteiger partial charge in [-0.05, 0) is 28.8 Å². The van der Waals surface area contributed by atoms with Gasteiger partial charge < -0.3 is 28.4 Å². The number of nitrogens with zero attached hydrogens (tertiary/aromatic N) is 2. The second-order valence-electron chi connectivity index (χ2n) is 12.9. The molecule has 2 heterocycles. The van der Waals surface area contributed by atoms with Crippen LogP contribution in [0.25, 0.3) is 0 Å². The molecule has 3 aromatic carbocycles. The van der Waals surface area contributed by atoms with E-state index in [1.807, 2.05) is 91.0 Å². The third-order valence-corrected chi connectivity index (χ3v) is 9.67. The minimum atomic E-state index is -1.29. The Labute approximate surface area is 278 Å². The summed E-state index contributed by atoms with van der Waals surface area (Å²) in [5.74, 6) is -0.503. The number of aromatic nitrogens is 2. The number of carbonyl (C=O) groups is 1. The van der Waals surface area contributed by atoms with Crippen molar-refractivity contribution in [2.45, 2.75) is 76.7 Å². The highest BCUT2D eigenvalue weighted by atomic mass is 28.3. The molecule has 0 spiro atoms. The van der Waals surface area contributed by atoms with Crippen molar-refractivity contribution in [2.75, 3.05) is 20.3 Å². The molecule has 0 N–H and O–H groups in total. The molecule has 5 rings (SSSR count). The van der Waals surface area contributed by atoms with E-state index in [1.54, 1.807) is 10.7 Å². The van der Waals surface area contributed by atoms with Crippen molar-refractivity contribution in [3.05, 3.63) is 125 Å². The first-order chi connectivity index (χ1) is 22.8. The molecule has 0 radical (unpaired) electrons. The molecular weight excluding hydrogens is 613 g/mol. The number of ether oxygens (including phenoxy) is 6. The predicted octanol–water partition coefficient (Wildman–Crippen LogP) is 6.81. The van der Waals surface area contributed by atoms with Gasteiger partial charge in [0.05, 0.1) is 39.2 Å². The molecule has 0 aliphatic carbocycles. The number of carbonyl (C=O) groups excluding carboxylic acids is 1. The summed E-state index contributed by atoms with van der Waals surface area (Å²) in [7, 11) is 0.0684. The molecule has 47 heavy (non-hydrogen) atoms. The summed E-state index contributed by atoms with van der Waals surface area (Å²) in [6.07, 6.45) is -2.14. The molecule has 1 saturated heterocycles. The highest BCUT2D eigenvalue weighted by molar-refractivity contribution is 6.76. The summed E-state index contributed by atoms with van der Waals surface area (Å²) in [5, 5.41) is 4.82. The van der Waals surface area contributed by atoms with Crippen LogP contribution in [0.5, 0.6) is 0 Å². The first-order valence-electron chi connectivity index (χ1n) is 16.1. The Kier molecular flexibility index (Phi) is 12.5. The van der Waals surface area contributed by atoms with Gasteiger partial charge in [0, 0.05) is 14.7 Å². The van der Waals surface area contributed by atoms with Crippen LogP contribution in [-0.2, 0) is 55.0 Å². The fourth-order valence-electron chi connectivity index (χ4n) is 5.36. The quantitative estimate of drug-likeness (QED) is 0.0695. The predicted molar refractivity (Wildman–Crippen MR) is 181 cm³/mol. The molecule has 0 unspecified atom stereocenters. The maximum absolute atomic E-state index is 12.9. The van der Waals surface area contributed by atoms with E-state index in [4.69, 9.17) is 33.5 Å². The molecule has 4 aromatic rings. The minimum Gasteiger partial charge on any atom is -0.464 e. The van der Waals surface area contributed by atoms with E-state index < -0.39 is 38.5 Å². The highest BCUT2D eigenvalue weighted by Gasteiger charge is 2.48. The number of esters is 1. The maximum Gasteiger partial charge on any atom is 0.356 e. The van der Waals surface area contributed by atoms with Gasteiger partial charge in [0.15, 0.2) is 0 Å². The second kappa shape index (κ2) is 17.0. The Bertz CT molecular complexity index is 1510. The van der Waals surface area contributed by atoms with Crippen LogP contribution in [0.15, 0.2) is 97.1 Å². The first-order valence-corrected chi connectivity index (χ1v) is 19.8. The van der Waals surface area contributed by atoms with Gasteiger partial charge >= 0.3 is 5.97 Å². The molecule has 0 saturated carbocycles. The standard InChI is InChI=1S/C37H46N2O7Si/c1-41-37(40)32-22-31(38-39(32)27-42-20-21-47(2,3)4)34-36(45-25-30-18-12-7-13-19-30)35(44-24-29-16-10-6-11-17-29)33(46-34)26-43-23-28-14-8-5-9-15-28/h5-19,22,33-36H,20-21,23-27H2,1-4H3/t33-,34+,35-,36+/m1/s1. The Morgan fingerprint density at radius 3 is 1.89 bits per heavy atom. The van der Waals surface area contributed by atoms with Gasteiger partial charge in [-0.25, -0.2) is 9.48 Å². The van der Waals surface area contributed by atoms with Crippen molar-refractivity contribution in [3.8, 4) is 0 Å². The normalized spacial score (nSPS) is 19.6. The summed E-state index contributed by atoms with van der Waals surface area (Å²) in [4.78, 5) is 12.9. The van der Waals surface area contributed by atoms with Crippen molar-refractivity contribution in [2.24, 2.45) is 0 Å². The molecule has 1 aliphatic heterocycles. The van der Waals surface area contributed by atoms with Crippen molar-refractivity contribution in [1.82, 2.24) is 9.78 Å². The monoisotopic (exact) mass is 658 g/mol. The average molecular weight is 659 g/mol. The summed E-state index contributed by atoms with van der Waals surface area (Å²) in [6.45, 7) is 9.03. The van der Waals surface area contributed by atoms with Crippen LogP contribution in [0.2, 0.25) is 25.7 Å². The zero-order valence-corrected chi connectivity index (χ0v) is 28.7. The number of benzene rings is 3. The third kappa shape index (κ3) is 10.2. The van der Waals surface area contributed by atoms with E-state index in [2.05, 4.69) is 19.6 Å². The van der Waals surface area contributed by atoms with E-state index >= 15 is 0 Å². The summed E-state index contributed by atoms with van der Waals surface area (Å²) < 4.78 is 38.7. The number of hydrogen-bond acceptors (Lipinski definition) is 8. The molecule has 0 bridgehead atoms. The lowest BCUT2D eigenvalue weighted by Crippen LogP contribution is -2.37. The average Bonchev–Trinajstić information content (AvgIpc) is 3.66. The van der Waals surface area contributed by atoms with Gasteiger partial charge in [0.2, 0.25) is 0 Å². The molecule has 4 atom stereocenters. The number of methoxy groups -OCH3 is 1. The van der Waals surface area contributed by atoms with Crippen LogP contribution in [0.3, 0.4) is 0 Å². The first kappa shape index (κ1) is 34.7. The van der Waals surface area contributed by atoms with E-state index in [0.717, 1.165) is 22.7 Å². The molecular formula is C37H46N2O7Si. The van der Waals surface area contributed by atoms with Gasteiger partial charge in [-0.1, -0.05) is 111 Å². The lowest BCUT2D eigenvalue weighted by molar-refractivity contribution is -0.0898. The lowest BCUT2D eigenvalue weighted by Gasteiger charge is -2.25. The zero-order chi connectivity index (χ0) is 33.1. The second-order valence-corrected chi connectivity index (χ2v) is 18.5. The summed E-state index contributed by atoms with van der Waals surface area (Å²) in [6, 6.07) is 32.7. The van der Waals surface area contributed by atoms with Gasteiger partial charge in [0.1, 0.15) is 36.8 Å². The smallest absolute Gasteiger partial charge is 0.356 e. The van der Waals surface area contributed by atoms with Crippen LogP contribution in [0.4, 0.5) is 0 Å².